The maximum Gasteiger partial charge on any atom is 0.274 e. The lowest BCUT2D eigenvalue weighted by Crippen LogP contribution is -2.18. The van der Waals surface area contributed by atoms with Crippen LogP contribution >= 0.6 is 23.2 Å². The van der Waals surface area contributed by atoms with Crippen molar-refractivity contribution in [2.75, 3.05) is 10.6 Å². The second kappa shape index (κ2) is 7.95. The Hall–Kier alpha value is -2.96. The van der Waals surface area contributed by atoms with Crippen LogP contribution in [-0.2, 0) is 0 Å². The number of nitrogens with zero attached hydrogens (tertiary/aromatic N) is 2. The van der Waals surface area contributed by atoms with Crippen LogP contribution in [0.15, 0.2) is 60.9 Å². The molecule has 0 saturated carbocycles. The molecule has 0 radical (unpaired) electrons. The van der Waals surface area contributed by atoms with E-state index in [1.165, 1.54) is 18.5 Å². The Morgan fingerprint density at radius 2 is 1.35 bits per heavy atom. The molecule has 130 valence electrons. The van der Waals surface area contributed by atoms with Gasteiger partial charge < -0.3 is 10.6 Å². The average molecular weight is 387 g/mol. The van der Waals surface area contributed by atoms with Gasteiger partial charge in [-0.15, -0.1) is 0 Å². The lowest BCUT2D eigenvalue weighted by Gasteiger charge is -2.14. The van der Waals surface area contributed by atoms with Crippen molar-refractivity contribution in [3.05, 3.63) is 82.4 Å². The van der Waals surface area contributed by atoms with Gasteiger partial charge in [0.1, 0.15) is 11.4 Å². The number of hydrogen-bond donors (Lipinski definition) is 2. The van der Waals surface area contributed by atoms with Crippen LogP contribution in [0.1, 0.15) is 21.0 Å². The number of carbonyl (C=O) groups is 2. The van der Waals surface area contributed by atoms with E-state index < -0.39 is 11.8 Å². The number of pyridine rings is 2. The third kappa shape index (κ3) is 3.99. The number of amides is 2. The summed E-state index contributed by atoms with van der Waals surface area (Å²) in [7, 11) is 0. The first kappa shape index (κ1) is 17.8. The minimum Gasteiger partial charge on any atom is -0.319 e. The molecule has 0 bridgehead atoms. The van der Waals surface area contributed by atoms with Gasteiger partial charge >= 0.3 is 0 Å². The van der Waals surface area contributed by atoms with E-state index in [0.29, 0.717) is 5.69 Å². The Balaban J connectivity index is 1.90. The van der Waals surface area contributed by atoms with Crippen molar-refractivity contribution < 1.29 is 9.59 Å². The summed E-state index contributed by atoms with van der Waals surface area (Å²) in [6.45, 7) is 0. The summed E-state index contributed by atoms with van der Waals surface area (Å²) < 4.78 is 0. The summed E-state index contributed by atoms with van der Waals surface area (Å²) in [5.74, 6) is -0.930. The lowest BCUT2D eigenvalue weighted by molar-refractivity contribution is 0.101. The molecule has 6 nitrogen and oxygen atoms in total. The van der Waals surface area contributed by atoms with Gasteiger partial charge in [0.15, 0.2) is 0 Å². The van der Waals surface area contributed by atoms with Gasteiger partial charge in [-0.05, 0) is 36.4 Å². The number of aromatic nitrogens is 2. The molecule has 0 aliphatic rings. The van der Waals surface area contributed by atoms with Crippen molar-refractivity contribution >= 4 is 46.4 Å². The molecular formula is C18H12Cl2N4O2. The van der Waals surface area contributed by atoms with Crippen molar-refractivity contribution in [1.29, 1.82) is 0 Å². The van der Waals surface area contributed by atoms with E-state index in [-0.39, 0.29) is 27.1 Å². The zero-order chi connectivity index (χ0) is 18.5. The maximum atomic E-state index is 12.4. The highest BCUT2D eigenvalue weighted by molar-refractivity contribution is 6.44. The largest absolute Gasteiger partial charge is 0.319 e. The van der Waals surface area contributed by atoms with E-state index in [9.17, 15) is 9.59 Å². The molecule has 0 unspecified atom stereocenters. The first-order chi connectivity index (χ1) is 12.6. The molecule has 0 saturated heterocycles. The zero-order valence-electron chi connectivity index (χ0n) is 13.2. The second-order valence-corrected chi connectivity index (χ2v) is 5.91. The van der Waals surface area contributed by atoms with Crippen molar-refractivity contribution in [3.63, 3.8) is 0 Å². The van der Waals surface area contributed by atoms with Crippen LogP contribution in [-0.4, -0.2) is 21.8 Å². The van der Waals surface area contributed by atoms with E-state index in [2.05, 4.69) is 20.6 Å². The highest BCUT2D eigenvalue weighted by Gasteiger charge is 2.18. The summed E-state index contributed by atoms with van der Waals surface area (Å²) in [6, 6.07) is 13.0. The third-order valence-electron chi connectivity index (χ3n) is 3.38. The predicted molar refractivity (Wildman–Crippen MR) is 101 cm³/mol. The van der Waals surface area contributed by atoms with Crippen molar-refractivity contribution in [1.82, 2.24) is 9.97 Å². The quantitative estimate of drug-likeness (QED) is 0.700. The monoisotopic (exact) mass is 386 g/mol. The van der Waals surface area contributed by atoms with Gasteiger partial charge in [0.05, 0.1) is 21.4 Å². The Morgan fingerprint density at radius 1 is 0.769 bits per heavy atom. The first-order valence-electron chi connectivity index (χ1n) is 7.49. The van der Waals surface area contributed by atoms with Crippen LogP contribution < -0.4 is 10.6 Å². The molecule has 2 heterocycles. The summed E-state index contributed by atoms with van der Waals surface area (Å²) in [5.41, 5.74) is 0.893. The smallest absolute Gasteiger partial charge is 0.274 e. The Morgan fingerprint density at radius 3 is 1.88 bits per heavy atom. The molecule has 2 aromatic heterocycles. The van der Waals surface area contributed by atoms with Gasteiger partial charge in [-0.25, -0.2) is 0 Å². The van der Waals surface area contributed by atoms with Gasteiger partial charge in [0.25, 0.3) is 11.8 Å². The molecule has 2 N–H and O–H groups in total. The number of rotatable bonds is 4. The molecule has 3 rings (SSSR count). The molecule has 0 atom stereocenters. The predicted octanol–water partition coefficient (Wildman–Crippen LogP) is 4.29. The Labute approximate surface area is 159 Å². The number of nitrogens with one attached hydrogen (secondary N) is 2. The summed E-state index contributed by atoms with van der Waals surface area (Å²) in [5, 5.41) is 5.65. The molecule has 0 aliphatic heterocycles. The van der Waals surface area contributed by atoms with E-state index in [4.69, 9.17) is 23.2 Å². The van der Waals surface area contributed by atoms with E-state index >= 15 is 0 Å². The standard InChI is InChI=1S/C18H12Cl2N4O2/c19-11-7-8-12(23-17(25)13-5-1-3-9-21-13)16(15(11)20)24-18(26)14-6-2-4-10-22-14/h1-10H,(H,23,25)(H,24,26). The Kier molecular flexibility index (Phi) is 5.46. The number of benzene rings is 1. The van der Waals surface area contributed by atoms with Crippen molar-refractivity contribution in [3.8, 4) is 0 Å². The summed E-state index contributed by atoms with van der Waals surface area (Å²) in [6.07, 6.45) is 3.01. The fourth-order valence-electron chi connectivity index (χ4n) is 2.14. The number of halogens is 2. The number of hydrogen-bond acceptors (Lipinski definition) is 4. The molecule has 0 aliphatic carbocycles. The number of carbonyl (C=O) groups excluding carboxylic acids is 2. The van der Waals surface area contributed by atoms with Gasteiger partial charge in [-0.3, -0.25) is 19.6 Å². The molecule has 1 aromatic carbocycles. The molecular weight excluding hydrogens is 375 g/mol. The van der Waals surface area contributed by atoms with E-state index in [0.717, 1.165) is 0 Å². The second-order valence-electron chi connectivity index (χ2n) is 5.12. The molecule has 3 aromatic rings. The highest BCUT2D eigenvalue weighted by Crippen LogP contribution is 2.36. The SMILES string of the molecule is O=C(Nc1ccc(Cl)c(Cl)c1NC(=O)c1ccccn1)c1ccccn1. The zero-order valence-corrected chi connectivity index (χ0v) is 14.8. The Bertz CT molecular complexity index is 950. The molecule has 0 spiro atoms. The molecule has 8 heteroatoms. The van der Waals surface area contributed by atoms with Crippen LogP contribution in [0, 0.1) is 0 Å². The fraction of sp³-hybridized carbons (Fsp3) is 0. The van der Waals surface area contributed by atoms with Crippen molar-refractivity contribution in [2.24, 2.45) is 0 Å². The van der Waals surface area contributed by atoms with Gasteiger partial charge in [0.2, 0.25) is 0 Å². The lowest BCUT2D eigenvalue weighted by atomic mass is 10.2. The molecule has 0 fully saturated rings. The normalized spacial score (nSPS) is 10.2. The molecule has 26 heavy (non-hydrogen) atoms. The maximum absolute atomic E-state index is 12.4. The van der Waals surface area contributed by atoms with Crippen LogP contribution in [0.4, 0.5) is 11.4 Å². The third-order valence-corrected chi connectivity index (χ3v) is 4.18. The van der Waals surface area contributed by atoms with Gasteiger partial charge in [-0.2, -0.15) is 0 Å². The van der Waals surface area contributed by atoms with Crippen molar-refractivity contribution in [2.45, 2.75) is 0 Å². The summed E-state index contributed by atoms with van der Waals surface area (Å²) in [4.78, 5) is 32.7. The van der Waals surface area contributed by atoms with Crippen LogP contribution in [0.2, 0.25) is 10.0 Å². The highest BCUT2D eigenvalue weighted by atomic mass is 35.5. The van der Waals surface area contributed by atoms with Crippen LogP contribution in [0.25, 0.3) is 0 Å². The van der Waals surface area contributed by atoms with Crippen LogP contribution in [0.5, 0.6) is 0 Å². The summed E-state index contributed by atoms with van der Waals surface area (Å²) >= 11 is 12.3. The average Bonchev–Trinajstić information content (AvgIpc) is 2.68. The number of anilines is 2. The van der Waals surface area contributed by atoms with E-state index in [1.807, 2.05) is 0 Å². The van der Waals surface area contributed by atoms with Gasteiger partial charge in [-0.1, -0.05) is 35.3 Å². The molecule has 2 amide bonds. The van der Waals surface area contributed by atoms with Crippen LogP contribution in [0.3, 0.4) is 0 Å². The van der Waals surface area contributed by atoms with E-state index in [1.54, 1.807) is 42.5 Å². The topological polar surface area (TPSA) is 84.0 Å². The van der Waals surface area contributed by atoms with Gasteiger partial charge in [0, 0.05) is 12.4 Å². The minimum atomic E-state index is -0.483. The minimum absolute atomic E-state index is 0.106. The fourth-order valence-corrected chi connectivity index (χ4v) is 2.50. The first-order valence-corrected chi connectivity index (χ1v) is 8.24.